The van der Waals surface area contributed by atoms with Crippen LogP contribution in [0.4, 0.5) is 0 Å². The molecule has 1 unspecified atom stereocenters. The van der Waals surface area contributed by atoms with Crippen LogP contribution in [0.1, 0.15) is 17.2 Å². The van der Waals surface area contributed by atoms with Crippen LogP contribution in [-0.2, 0) is 0 Å². The average molecular weight is 193 g/mol. The molecule has 1 atom stereocenters. The van der Waals surface area contributed by atoms with Gasteiger partial charge in [-0.15, -0.1) is 0 Å². The van der Waals surface area contributed by atoms with Gasteiger partial charge in [-0.1, -0.05) is 35.4 Å². The minimum atomic E-state index is 0.159. The van der Waals surface area contributed by atoms with Crippen LogP contribution < -0.4 is 0 Å². The normalized spacial score (nSPS) is 11.8. The van der Waals surface area contributed by atoms with Crippen molar-refractivity contribution >= 4 is 12.6 Å². The Labute approximate surface area is 82.8 Å². The van der Waals surface area contributed by atoms with Crippen molar-refractivity contribution < 1.29 is 0 Å². The van der Waals surface area contributed by atoms with Crippen molar-refractivity contribution in [2.75, 3.05) is 6.54 Å². The fourth-order valence-corrected chi connectivity index (χ4v) is 1.35. The van der Waals surface area contributed by atoms with E-state index in [1.54, 1.807) is 0 Å². The summed E-state index contributed by atoms with van der Waals surface area (Å²) in [6, 6.07) is 9.97. The number of hydrogen-bond donors (Lipinski definition) is 1. The van der Waals surface area contributed by atoms with Gasteiger partial charge in [0.15, 0.2) is 0 Å². The zero-order valence-corrected chi connectivity index (χ0v) is 8.06. The lowest BCUT2D eigenvalue weighted by Crippen LogP contribution is -1.92. The zero-order chi connectivity index (χ0) is 9.52. The van der Waals surface area contributed by atoms with Crippen molar-refractivity contribution in [3.8, 4) is 0 Å². The summed E-state index contributed by atoms with van der Waals surface area (Å²) < 4.78 is 0. The van der Waals surface area contributed by atoms with E-state index in [1.165, 1.54) is 5.56 Å². The molecule has 0 radical (unpaired) electrons. The van der Waals surface area contributed by atoms with Gasteiger partial charge in [-0.3, -0.25) is 0 Å². The van der Waals surface area contributed by atoms with Crippen LogP contribution in [0, 0.1) is 0 Å². The van der Waals surface area contributed by atoms with Gasteiger partial charge in [-0.25, -0.2) is 0 Å². The van der Waals surface area contributed by atoms with Crippen LogP contribution >= 0.6 is 12.6 Å². The fourth-order valence-electron chi connectivity index (χ4n) is 1.07. The topological polar surface area (TPSA) is 48.8 Å². The second-order valence-corrected chi connectivity index (χ2v) is 3.29. The van der Waals surface area contributed by atoms with E-state index >= 15 is 0 Å². The highest BCUT2D eigenvalue weighted by Crippen LogP contribution is 2.22. The van der Waals surface area contributed by atoms with Crippen LogP contribution in [0.3, 0.4) is 0 Å². The minimum absolute atomic E-state index is 0.159. The van der Waals surface area contributed by atoms with Crippen molar-refractivity contribution in [3.05, 3.63) is 46.3 Å². The van der Waals surface area contributed by atoms with E-state index in [1.807, 2.05) is 30.3 Å². The molecule has 0 heterocycles. The number of nitrogens with zero attached hydrogens (tertiary/aromatic N) is 3. The number of thiol groups is 1. The Kier molecular flexibility index (Phi) is 4.23. The van der Waals surface area contributed by atoms with Crippen LogP contribution in [0.5, 0.6) is 0 Å². The van der Waals surface area contributed by atoms with Crippen molar-refractivity contribution in [1.29, 1.82) is 0 Å². The second-order valence-electron chi connectivity index (χ2n) is 2.67. The van der Waals surface area contributed by atoms with E-state index in [2.05, 4.69) is 22.7 Å². The molecule has 0 saturated carbocycles. The molecular weight excluding hydrogens is 182 g/mol. The smallest absolute Gasteiger partial charge is 0.0271 e. The molecule has 0 saturated heterocycles. The summed E-state index contributed by atoms with van der Waals surface area (Å²) in [5.74, 6) is 0. The first-order valence-corrected chi connectivity index (χ1v) is 4.60. The number of azide groups is 1. The number of rotatable bonds is 4. The predicted octanol–water partition coefficient (Wildman–Crippen LogP) is 3.36. The molecule has 1 aromatic rings. The van der Waals surface area contributed by atoms with Crippen LogP contribution in [-0.4, -0.2) is 6.54 Å². The van der Waals surface area contributed by atoms with Gasteiger partial charge in [-0.2, -0.15) is 12.6 Å². The minimum Gasteiger partial charge on any atom is -0.171 e. The zero-order valence-electron chi connectivity index (χ0n) is 7.17. The monoisotopic (exact) mass is 193 g/mol. The third-order valence-electron chi connectivity index (χ3n) is 1.75. The molecule has 0 aliphatic carbocycles. The van der Waals surface area contributed by atoms with Crippen molar-refractivity contribution in [2.45, 2.75) is 11.7 Å². The van der Waals surface area contributed by atoms with Gasteiger partial charge in [0, 0.05) is 16.7 Å². The maximum absolute atomic E-state index is 8.08. The average Bonchev–Trinajstić information content (AvgIpc) is 2.19. The van der Waals surface area contributed by atoms with Crippen LogP contribution in [0.15, 0.2) is 35.4 Å². The molecular formula is C9H11N3S. The van der Waals surface area contributed by atoms with Gasteiger partial charge in [-0.05, 0) is 17.5 Å². The molecule has 0 bridgehead atoms. The van der Waals surface area contributed by atoms with E-state index < -0.39 is 0 Å². The summed E-state index contributed by atoms with van der Waals surface area (Å²) in [5, 5.41) is 3.63. The number of benzene rings is 1. The second kappa shape index (κ2) is 5.51. The maximum atomic E-state index is 8.08. The molecule has 0 aromatic heterocycles. The first-order chi connectivity index (χ1) is 6.34. The summed E-state index contributed by atoms with van der Waals surface area (Å²) in [6.45, 7) is 0.500. The van der Waals surface area contributed by atoms with E-state index in [9.17, 15) is 0 Å². The lowest BCUT2D eigenvalue weighted by molar-refractivity contribution is 0.814. The highest BCUT2D eigenvalue weighted by molar-refractivity contribution is 7.80. The van der Waals surface area contributed by atoms with E-state index in [4.69, 9.17) is 5.53 Å². The summed E-state index contributed by atoms with van der Waals surface area (Å²) in [4.78, 5) is 2.69. The Bertz CT molecular complexity index is 293. The fraction of sp³-hybridized carbons (Fsp3) is 0.333. The maximum Gasteiger partial charge on any atom is 0.0271 e. The van der Waals surface area contributed by atoms with Gasteiger partial charge in [0.25, 0.3) is 0 Å². The van der Waals surface area contributed by atoms with Crippen LogP contribution in [0.25, 0.3) is 10.4 Å². The largest absolute Gasteiger partial charge is 0.171 e. The van der Waals surface area contributed by atoms with Crippen molar-refractivity contribution in [2.24, 2.45) is 5.11 Å². The Morgan fingerprint density at radius 1 is 1.38 bits per heavy atom. The van der Waals surface area contributed by atoms with Crippen LogP contribution in [0.2, 0.25) is 0 Å². The summed E-state index contributed by atoms with van der Waals surface area (Å²) >= 11 is 4.41. The molecule has 1 aromatic carbocycles. The highest BCUT2D eigenvalue weighted by atomic mass is 32.1. The summed E-state index contributed by atoms with van der Waals surface area (Å²) in [7, 11) is 0. The molecule has 0 N–H and O–H groups in total. The van der Waals surface area contributed by atoms with Gasteiger partial charge in [0.2, 0.25) is 0 Å². The molecule has 3 nitrogen and oxygen atoms in total. The molecule has 0 aliphatic heterocycles. The molecule has 1 rings (SSSR count). The van der Waals surface area contributed by atoms with Crippen molar-refractivity contribution in [3.63, 3.8) is 0 Å². The first kappa shape index (κ1) is 9.96. The quantitative estimate of drug-likeness (QED) is 0.330. The van der Waals surface area contributed by atoms with Gasteiger partial charge in [0.05, 0.1) is 0 Å². The SMILES string of the molecule is [N-]=[N+]=NCCC(S)c1ccccc1. The molecule has 0 fully saturated rings. The number of hydrogen-bond acceptors (Lipinski definition) is 2. The predicted molar refractivity (Wildman–Crippen MR) is 56.8 cm³/mol. The standard InChI is InChI=1S/C9H11N3S/c10-12-11-7-6-9(13)8-4-2-1-3-5-8/h1-5,9,13H,6-7H2. The van der Waals surface area contributed by atoms with E-state index in [-0.39, 0.29) is 5.25 Å². The third-order valence-corrected chi connectivity index (χ3v) is 2.31. The lowest BCUT2D eigenvalue weighted by atomic mass is 10.1. The summed E-state index contributed by atoms with van der Waals surface area (Å²) in [6.07, 6.45) is 0.775. The van der Waals surface area contributed by atoms with Crippen molar-refractivity contribution in [1.82, 2.24) is 0 Å². The third kappa shape index (κ3) is 3.40. The highest BCUT2D eigenvalue weighted by Gasteiger charge is 2.03. The lowest BCUT2D eigenvalue weighted by Gasteiger charge is -2.08. The molecule has 68 valence electrons. The molecule has 0 spiro atoms. The molecule has 0 aliphatic rings. The van der Waals surface area contributed by atoms with E-state index in [0.29, 0.717) is 6.54 Å². The summed E-state index contributed by atoms with van der Waals surface area (Å²) in [5.41, 5.74) is 9.25. The Morgan fingerprint density at radius 3 is 2.69 bits per heavy atom. The van der Waals surface area contributed by atoms with Gasteiger partial charge in [0.1, 0.15) is 0 Å². The van der Waals surface area contributed by atoms with Gasteiger partial charge < -0.3 is 0 Å². The van der Waals surface area contributed by atoms with E-state index in [0.717, 1.165) is 6.42 Å². The first-order valence-electron chi connectivity index (χ1n) is 4.08. The Morgan fingerprint density at radius 2 is 2.08 bits per heavy atom. The molecule has 13 heavy (non-hydrogen) atoms. The molecule has 4 heteroatoms. The molecule has 0 amide bonds. The van der Waals surface area contributed by atoms with Gasteiger partial charge >= 0.3 is 0 Å². The Balaban J connectivity index is 2.48. The Hall–Kier alpha value is -1.12.